The van der Waals surface area contributed by atoms with E-state index in [-0.39, 0.29) is 17.9 Å². The fourth-order valence-corrected chi connectivity index (χ4v) is 7.74. The lowest BCUT2D eigenvalue weighted by atomic mass is 10.1. The van der Waals surface area contributed by atoms with Crippen molar-refractivity contribution in [1.82, 2.24) is 15.1 Å². The summed E-state index contributed by atoms with van der Waals surface area (Å²) in [5.74, 6) is -0.473. The van der Waals surface area contributed by atoms with Gasteiger partial charge in [0.2, 0.25) is 0 Å². The number of hydrogen-bond donors (Lipinski definition) is 2. The van der Waals surface area contributed by atoms with Crippen molar-refractivity contribution in [2.75, 3.05) is 78.7 Å². The Labute approximate surface area is 377 Å². The zero-order chi connectivity index (χ0) is 44.5. The lowest BCUT2D eigenvalue weighted by Gasteiger charge is -2.23. The number of carbonyl (C=O) groups is 3. The molecule has 61 heavy (non-hydrogen) atoms. The van der Waals surface area contributed by atoms with Gasteiger partial charge in [0, 0.05) is 58.9 Å². The number of nitrogens with zero attached hydrogens (tertiary/aromatic N) is 2. The number of ether oxygens (including phenoxy) is 3. The number of nitrogens with two attached hydrogens (primary N) is 1. The molecule has 0 saturated carbocycles. The Hall–Kier alpha value is -1.75. The van der Waals surface area contributed by atoms with E-state index in [1.54, 1.807) is 0 Å². The van der Waals surface area contributed by atoms with E-state index in [9.17, 15) is 14.4 Å². The van der Waals surface area contributed by atoms with E-state index in [4.69, 9.17) is 19.9 Å². The van der Waals surface area contributed by atoms with Gasteiger partial charge in [-0.3, -0.25) is 14.4 Å². The zero-order valence-electron chi connectivity index (χ0n) is 40.7. The highest BCUT2D eigenvalue weighted by Crippen LogP contribution is 2.13. The molecule has 0 aromatic rings. The maximum atomic E-state index is 12.6. The Kier molecular flexibility index (Phi) is 47.9. The first kappa shape index (κ1) is 59.2. The van der Waals surface area contributed by atoms with Crippen molar-refractivity contribution in [1.29, 1.82) is 0 Å². The summed E-state index contributed by atoms with van der Waals surface area (Å²) in [6.45, 7) is 14.2. The lowest BCUT2D eigenvalue weighted by Crippen LogP contribution is -2.40. The van der Waals surface area contributed by atoms with Gasteiger partial charge in [0.1, 0.15) is 0 Å². The van der Waals surface area contributed by atoms with Crippen LogP contribution in [-0.2, 0) is 28.6 Å². The van der Waals surface area contributed by atoms with Crippen LogP contribution in [-0.4, -0.2) is 106 Å². The number of esters is 3. The number of rotatable bonds is 50. The van der Waals surface area contributed by atoms with Crippen LogP contribution in [0.5, 0.6) is 0 Å². The third-order valence-corrected chi connectivity index (χ3v) is 11.8. The van der Waals surface area contributed by atoms with Crippen molar-refractivity contribution in [3.05, 3.63) is 0 Å². The second-order valence-corrected chi connectivity index (χ2v) is 17.7. The summed E-state index contributed by atoms with van der Waals surface area (Å²) >= 11 is 0. The van der Waals surface area contributed by atoms with Crippen LogP contribution in [0.3, 0.4) is 0 Å². The Morgan fingerprint density at radius 1 is 0.361 bits per heavy atom. The Morgan fingerprint density at radius 3 is 0.869 bits per heavy atom. The van der Waals surface area contributed by atoms with Crippen molar-refractivity contribution in [3.63, 3.8) is 0 Å². The SMILES string of the molecule is CCCCCCCCCCCCOC(=O)CCN(CCN)CCNCCN(CCC(=O)OCCCCCCCCCCCC)CCC(=O)OCCCCCCCCCCCC. The van der Waals surface area contributed by atoms with Crippen LogP contribution in [0.2, 0.25) is 0 Å². The molecule has 0 fully saturated rings. The van der Waals surface area contributed by atoms with Crippen molar-refractivity contribution in [3.8, 4) is 0 Å². The molecule has 3 N–H and O–H groups in total. The number of unbranched alkanes of at least 4 members (excludes halogenated alkanes) is 27. The first-order valence-electron chi connectivity index (χ1n) is 26.3. The minimum Gasteiger partial charge on any atom is -0.466 e. The van der Waals surface area contributed by atoms with Crippen LogP contribution < -0.4 is 11.1 Å². The summed E-state index contributed by atoms with van der Waals surface area (Å²) in [4.78, 5) is 42.1. The fraction of sp³-hybridized carbons (Fsp3) is 0.941. The van der Waals surface area contributed by atoms with Gasteiger partial charge in [0.25, 0.3) is 0 Å². The van der Waals surface area contributed by atoms with E-state index in [1.807, 2.05) is 0 Å². The third kappa shape index (κ3) is 46.1. The molecule has 10 heteroatoms. The van der Waals surface area contributed by atoms with Gasteiger partial charge in [0.15, 0.2) is 0 Å². The molecule has 0 aromatic carbocycles. The van der Waals surface area contributed by atoms with Gasteiger partial charge >= 0.3 is 17.9 Å². The Morgan fingerprint density at radius 2 is 0.607 bits per heavy atom. The molecule has 0 amide bonds. The number of hydrogen-bond acceptors (Lipinski definition) is 10. The highest BCUT2D eigenvalue weighted by molar-refractivity contribution is 5.70. The first-order valence-corrected chi connectivity index (χ1v) is 26.3. The molecule has 0 bridgehead atoms. The van der Waals surface area contributed by atoms with Crippen molar-refractivity contribution in [2.24, 2.45) is 5.73 Å². The van der Waals surface area contributed by atoms with Crippen molar-refractivity contribution in [2.45, 2.75) is 233 Å². The molecule has 0 rings (SSSR count). The average molecular weight is 867 g/mol. The fourth-order valence-electron chi connectivity index (χ4n) is 7.74. The van der Waals surface area contributed by atoms with Crippen LogP contribution in [0.4, 0.5) is 0 Å². The normalized spacial score (nSPS) is 11.5. The minimum absolute atomic E-state index is 0.134. The molecule has 0 aliphatic rings. The van der Waals surface area contributed by atoms with E-state index in [1.165, 1.54) is 154 Å². The number of carbonyl (C=O) groups excluding carboxylic acids is 3. The lowest BCUT2D eigenvalue weighted by molar-refractivity contribution is -0.145. The molecule has 0 unspecified atom stereocenters. The summed E-state index contributed by atoms with van der Waals surface area (Å²) in [6, 6.07) is 0. The predicted octanol–water partition coefficient (Wildman–Crippen LogP) is 11.7. The maximum absolute atomic E-state index is 12.6. The second kappa shape index (κ2) is 49.3. The summed E-state index contributed by atoms with van der Waals surface area (Å²) < 4.78 is 16.7. The van der Waals surface area contributed by atoms with Gasteiger partial charge in [-0.1, -0.05) is 194 Å². The number of nitrogens with one attached hydrogen (secondary N) is 1. The molecular formula is C51H102N4O6. The van der Waals surface area contributed by atoms with Crippen LogP contribution in [0.25, 0.3) is 0 Å². The first-order chi connectivity index (χ1) is 30.0. The van der Waals surface area contributed by atoms with Gasteiger partial charge in [-0.2, -0.15) is 0 Å². The summed E-state index contributed by atoms with van der Waals surface area (Å²) in [5, 5.41) is 3.52. The van der Waals surface area contributed by atoms with Crippen LogP contribution in [0.1, 0.15) is 233 Å². The van der Waals surface area contributed by atoms with E-state index in [0.717, 1.165) is 64.7 Å². The van der Waals surface area contributed by atoms with Gasteiger partial charge in [-0.15, -0.1) is 0 Å². The summed E-state index contributed by atoms with van der Waals surface area (Å²) in [7, 11) is 0. The van der Waals surface area contributed by atoms with E-state index in [0.29, 0.717) is 71.8 Å². The minimum atomic E-state index is -0.170. The van der Waals surface area contributed by atoms with E-state index < -0.39 is 0 Å². The smallest absolute Gasteiger partial charge is 0.307 e. The van der Waals surface area contributed by atoms with E-state index in [2.05, 4.69) is 35.9 Å². The quantitative estimate of drug-likeness (QED) is 0.0347. The molecule has 10 nitrogen and oxygen atoms in total. The zero-order valence-corrected chi connectivity index (χ0v) is 40.7. The molecular weight excluding hydrogens is 765 g/mol. The average Bonchev–Trinajstić information content (AvgIpc) is 3.26. The Bertz CT molecular complexity index is 899. The van der Waals surface area contributed by atoms with Crippen molar-refractivity contribution < 1.29 is 28.6 Å². The largest absolute Gasteiger partial charge is 0.466 e. The summed E-state index contributed by atoms with van der Waals surface area (Å²) in [6.07, 6.45) is 38.6. The molecule has 0 aliphatic heterocycles. The monoisotopic (exact) mass is 867 g/mol. The molecule has 0 atom stereocenters. The molecule has 0 heterocycles. The highest BCUT2D eigenvalue weighted by atomic mass is 16.5. The van der Waals surface area contributed by atoms with Crippen molar-refractivity contribution >= 4 is 17.9 Å². The van der Waals surface area contributed by atoms with E-state index >= 15 is 0 Å². The Balaban J connectivity index is 4.49. The highest BCUT2D eigenvalue weighted by Gasteiger charge is 2.13. The summed E-state index contributed by atoms with van der Waals surface area (Å²) in [5.41, 5.74) is 5.90. The second-order valence-electron chi connectivity index (χ2n) is 17.7. The molecule has 0 aromatic heterocycles. The molecule has 0 spiro atoms. The molecule has 362 valence electrons. The van der Waals surface area contributed by atoms with Gasteiger partial charge < -0.3 is 35.1 Å². The standard InChI is InChI=1S/C51H102N4O6/c1-4-7-10-13-16-19-22-25-28-31-46-59-49(56)34-40-54(41-35-50(57)60-47-32-29-26-23-20-17-14-11-8-5-2)44-38-53-39-45-55(43-37-52)42-36-51(58)61-48-33-30-27-24-21-18-15-12-9-6-3/h53H,4-48,52H2,1-3H3. The maximum Gasteiger partial charge on any atom is 0.307 e. The topological polar surface area (TPSA) is 123 Å². The predicted molar refractivity (Wildman–Crippen MR) is 257 cm³/mol. The van der Waals surface area contributed by atoms with Crippen LogP contribution in [0.15, 0.2) is 0 Å². The van der Waals surface area contributed by atoms with Gasteiger partial charge in [0.05, 0.1) is 39.1 Å². The molecule has 0 saturated heterocycles. The van der Waals surface area contributed by atoms with Crippen LogP contribution in [0, 0.1) is 0 Å². The van der Waals surface area contributed by atoms with Crippen LogP contribution >= 0.6 is 0 Å². The molecule has 0 aliphatic carbocycles. The van der Waals surface area contributed by atoms with Gasteiger partial charge in [-0.25, -0.2) is 0 Å². The third-order valence-electron chi connectivity index (χ3n) is 11.8. The van der Waals surface area contributed by atoms with Gasteiger partial charge in [-0.05, 0) is 19.3 Å². The molecule has 0 radical (unpaired) electrons.